The van der Waals surface area contributed by atoms with Crippen LogP contribution in [0, 0.1) is 0 Å². The molecule has 0 aliphatic rings. The van der Waals surface area contributed by atoms with Gasteiger partial charge in [-0.2, -0.15) is 13.2 Å². The lowest BCUT2D eigenvalue weighted by Gasteiger charge is -2.13. The number of rotatable bonds is 4. The number of alkyl halides is 3. The predicted octanol–water partition coefficient (Wildman–Crippen LogP) is 0.663. The van der Waals surface area contributed by atoms with Crippen molar-refractivity contribution in [1.29, 1.82) is 0 Å². The molecule has 1 atom stereocenters. The monoisotopic (exact) mass is 198 g/mol. The second-order valence-electron chi connectivity index (χ2n) is 2.67. The highest BCUT2D eigenvalue weighted by Gasteiger charge is 2.38. The lowest BCUT2D eigenvalue weighted by Crippen LogP contribution is -2.44. The van der Waals surface area contributed by atoms with Gasteiger partial charge in [0.1, 0.15) is 0 Å². The van der Waals surface area contributed by atoms with Crippen molar-refractivity contribution in [2.45, 2.75) is 26.1 Å². The van der Waals surface area contributed by atoms with Gasteiger partial charge in [-0.05, 0) is 13.5 Å². The van der Waals surface area contributed by atoms with Gasteiger partial charge in [-0.15, -0.1) is 0 Å². The summed E-state index contributed by atoms with van der Waals surface area (Å²) in [4.78, 5) is 10.3. The molecule has 0 spiro atoms. The second-order valence-corrected chi connectivity index (χ2v) is 2.67. The normalized spacial score (nSPS) is 13.9. The Bertz CT molecular complexity index is 170. The van der Waals surface area contributed by atoms with E-state index in [1.54, 1.807) is 12.2 Å². The second kappa shape index (κ2) is 5.06. The first kappa shape index (κ1) is 12.2. The van der Waals surface area contributed by atoms with Crippen molar-refractivity contribution in [2.24, 2.45) is 0 Å². The Kier molecular flexibility index (Phi) is 4.76. The molecule has 0 heterocycles. The Balaban J connectivity index is 3.71. The minimum Gasteiger partial charge on any atom is -0.347 e. The Morgan fingerprint density at radius 3 is 2.38 bits per heavy atom. The SMILES string of the molecule is CCN[C@@H](C)CNC(=O)C(F)(F)F. The van der Waals surface area contributed by atoms with Crippen molar-refractivity contribution < 1.29 is 18.0 Å². The number of hydrogen-bond donors (Lipinski definition) is 2. The molecule has 2 N–H and O–H groups in total. The third-order valence-electron chi connectivity index (χ3n) is 1.38. The molecule has 13 heavy (non-hydrogen) atoms. The smallest absolute Gasteiger partial charge is 0.347 e. The number of halogens is 3. The minimum atomic E-state index is -4.79. The average molecular weight is 198 g/mol. The molecule has 6 heteroatoms. The summed E-state index contributed by atoms with van der Waals surface area (Å²) in [6.45, 7) is 4.16. The molecule has 0 rings (SSSR count). The van der Waals surface area contributed by atoms with Crippen molar-refractivity contribution in [2.75, 3.05) is 13.1 Å². The first-order valence-electron chi connectivity index (χ1n) is 3.96. The maximum absolute atomic E-state index is 11.7. The largest absolute Gasteiger partial charge is 0.471 e. The fourth-order valence-electron chi connectivity index (χ4n) is 0.767. The highest BCUT2D eigenvalue weighted by molar-refractivity contribution is 5.81. The average Bonchev–Trinajstić information content (AvgIpc) is 1.99. The maximum Gasteiger partial charge on any atom is 0.471 e. The number of likely N-dealkylation sites (N-methyl/N-ethyl adjacent to an activating group) is 1. The van der Waals surface area contributed by atoms with Crippen LogP contribution >= 0.6 is 0 Å². The third kappa shape index (κ3) is 5.46. The molecule has 0 bridgehead atoms. The van der Waals surface area contributed by atoms with Crippen LogP contribution in [0.15, 0.2) is 0 Å². The topological polar surface area (TPSA) is 41.1 Å². The molecule has 0 aliphatic carbocycles. The summed E-state index contributed by atoms with van der Waals surface area (Å²) >= 11 is 0. The van der Waals surface area contributed by atoms with E-state index in [-0.39, 0.29) is 12.6 Å². The Morgan fingerprint density at radius 2 is 2.00 bits per heavy atom. The highest BCUT2D eigenvalue weighted by Crippen LogP contribution is 2.13. The molecule has 0 aromatic carbocycles. The molecule has 0 saturated carbocycles. The van der Waals surface area contributed by atoms with E-state index in [2.05, 4.69) is 5.32 Å². The quantitative estimate of drug-likeness (QED) is 0.696. The summed E-state index contributed by atoms with van der Waals surface area (Å²) in [6.07, 6.45) is -4.79. The van der Waals surface area contributed by atoms with E-state index in [1.165, 1.54) is 0 Å². The van der Waals surface area contributed by atoms with Crippen molar-refractivity contribution in [3.05, 3.63) is 0 Å². The van der Waals surface area contributed by atoms with Gasteiger partial charge in [-0.25, -0.2) is 0 Å². The van der Waals surface area contributed by atoms with E-state index < -0.39 is 12.1 Å². The summed E-state index contributed by atoms with van der Waals surface area (Å²) in [6, 6.07) is -0.156. The van der Waals surface area contributed by atoms with E-state index in [9.17, 15) is 18.0 Å². The van der Waals surface area contributed by atoms with Crippen LogP contribution in [0.5, 0.6) is 0 Å². The van der Waals surface area contributed by atoms with E-state index in [4.69, 9.17) is 0 Å². The van der Waals surface area contributed by atoms with Gasteiger partial charge in [0.15, 0.2) is 0 Å². The van der Waals surface area contributed by atoms with Crippen molar-refractivity contribution in [3.63, 3.8) is 0 Å². The van der Waals surface area contributed by atoms with Crippen LogP contribution < -0.4 is 10.6 Å². The van der Waals surface area contributed by atoms with Crippen LogP contribution in [0.4, 0.5) is 13.2 Å². The Morgan fingerprint density at radius 1 is 1.46 bits per heavy atom. The zero-order chi connectivity index (χ0) is 10.5. The van der Waals surface area contributed by atoms with Gasteiger partial charge in [0.2, 0.25) is 0 Å². The number of carbonyl (C=O) groups excluding carboxylic acids is 1. The van der Waals surface area contributed by atoms with E-state index in [0.717, 1.165) is 0 Å². The van der Waals surface area contributed by atoms with E-state index in [0.29, 0.717) is 6.54 Å². The van der Waals surface area contributed by atoms with Gasteiger partial charge in [0, 0.05) is 12.6 Å². The molecule has 1 amide bonds. The number of hydrogen-bond acceptors (Lipinski definition) is 2. The van der Waals surface area contributed by atoms with Crippen LogP contribution in [-0.4, -0.2) is 31.2 Å². The van der Waals surface area contributed by atoms with Crippen LogP contribution in [0.25, 0.3) is 0 Å². The molecule has 3 nitrogen and oxygen atoms in total. The molecule has 0 aromatic heterocycles. The summed E-state index contributed by atoms with van der Waals surface area (Å²) in [5, 5.41) is 4.65. The number of carbonyl (C=O) groups is 1. The Hall–Kier alpha value is -0.780. The molecule has 0 saturated heterocycles. The maximum atomic E-state index is 11.7. The first-order valence-corrected chi connectivity index (χ1v) is 3.96. The van der Waals surface area contributed by atoms with Crippen LogP contribution in [0.2, 0.25) is 0 Å². The van der Waals surface area contributed by atoms with Crippen molar-refractivity contribution in [3.8, 4) is 0 Å². The Labute approximate surface area is 74.7 Å². The summed E-state index contributed by atoms with van der Waals surface area (Å²) in [5.41, 5.74) is 0. The fraction of sp³-hybridized carbons (Fsp3) is 0.857. The summed E-state index contributed by atoms with van der Waals surface area (Å²) in [7, 11) is 0. The van der Waals surface area contributed by atoms with Crippen LogP contribution in [0.3, 0.4) is 0 Å². The summed E-state index contributed by atoms with van der Waals surface area (Å²) in [5.74, 6) is -1.89. The lowest BCUT2D eigenvalue weighted by molar-refractivity contribution is -0.173. The van der Waals surface area contributed by atoms with Gasteiger partial charge in [-0.3, -0.25) is 4.79 Å². The van der Waals surface area contributed by atoms with Gasteiger partial charge in [-0.1, -0.05) is 6.92 Å². The van der Waals surface area contributed by atoms with Crippen molar-refractivity contribution in [1.82, 2.24) is 10.6 Å². The van der Waals surface area contributed by atoms with Crippen LogP contribution in [0.1, 0.15) is 13.8 Å². The number of nitrogens with one attached hydrogen (secondary N) is 2. The van der Waals surface area contributed by atoms with Gasteiger partial charge in [0.05, 0.1) is 0 Å². The van der Waals surface area contributed by atoms with Crippen molar-refractivity contribution >= 4 is 5.91 Å². The van der Waals surface area contributed by atoms with Gasteiger partial charge >= 0.3 is 12.1 Å². The highest BCUT2D eigenvalue weighted by atomic mass is 19.4. The fourth-order valence-corrected chi connectivity index (χ4v) is 0.767. The minimum absolute atomic E-state index is 0.0216. The molecule has 0 aromatic rings. The zero-order valence-electron chi connectivity index (χ0n) is 7.53. The third-order valence-corrected chi connectivity index (χ3v) is 1.38. The molecular weight excluding hydrogens is 185 g/mol. The summed E-state index contributed by atoms with van der Waals surface area (Å²) < 4.78 is 35.0. The molecule has 0 unspecified atom stereocenters. The first-order chi connectivity index (χ1) is 5.88. The zero-order valence-corrected chi connectivity index (χ0v) is 7.53. The molecule has 78 valence electrons. The molecule has 0 fully saturated rings. The lowest BCUT2D eigenvalue weighted by atomic mass is 10.3. The molecular formula is C7H13F3N2O. The van der Waals surface area contributed by atoms with E-state index in [1.807, 2.05) is 6.92 Å². The molecule has 0 aliphatic heterocycles. The predicted molar refractivity (Wildman–Crippen MR) is 42.2 cm³/mol. The van der Waals surface area contributed by atoms with E-state index >= 15 is 0 Å². The molecule has 0 radical (unpaired) electrons. The van der Waals surface area contributed by atoms with Gasteiger partial charge in [0.25, 0.3) is 0 Å². The standard InChI is InChI=1S/C7H13F3N2O/c1-3-11-5(2)4-12-6(13)7(8,9)10/h5,11H,3-4H2,1-2H3,(H,12,13)/t5-/m0/s1. The number of amides is 1. The van der Waals surface area contributed by atoms with Gasteiger partial charge < -0.3 is 10.6 Å². The van der Waals surface area contributed by atoms with Crippen LogP contribution in [-0.2, 0) is 4.79 Å².